The molecule has 0 aliphatic heterocycles. The van der Waals surface area contributed by atoms with E-state index in [1.165, 1.54) is 27.8 Å². The van der Waals surface area contributed by atoms with Crippen LogP contribution in [0.25, 0.3) is 11.1 Å². The van der Waals surface area contributed by atoms with Crippen LogP contribution < -0.4 is 5.73 Å². The second-order valence-electron chi connectivity index (χ2n) is 5.80. The summed E-state index contributed by atoms with van der Waals surface area (Å²) in [7, 11) is 0. The van der Waals surface area contributed by atoms with Crippen molar-refractivity contribution in [1.29, 1.82) is 0 Å². The maximum Gasteiger partial charge on any atom is 0.0391 e. The largest absolute Gasteiger partial charge is 0.398 e. The highest BCUT2D eigenvalue weighted by atomic mass is 14.6. The quantitative estimate of drug-likeness (QED) is 0.522. The van der Waals surface area contributed by atoms with Gasteiger partial charge in [0.15, 0.2) is 0 Å². The van der Waals surface area contributed by atoms with Gasteiger partial charge in [-0.3, -0.25) is 0 Å². The molecule has 1 heteroatoms. The lowest BCUT2D eigenvalue weighted by Crippen LogP contribution is -2.17. The fraction of sp³-hybridized carbons (Fsp3) is 0.263. The lowest BCUT2D eigenvalue weighted by molar-refractivity contribution is 0.662. The van der Waals surface area contributed by atoms with Gasteiger partial charge in [0.25, 0.3) is 0 Å². The normalized spacial score (nSPS) is 13.8. The fourth-order valence-electron chi connectivity index (χ4n) is 3.02. The zero-order valence-electron chi connectivity index (χ0n) is 12.8. The molecule has 2 aromatic carbocycles. The molecule has 3 rings (SSSR count). The molecule has 0 radical (unpaired) electrons. The third-order valence-electron chi connectivity index (χ3n) is 3.98. The molecular weight excluding hydrogens is 242 g/mol. The summed E-state index contributed by atoms with van der Waals surface area (Å²) in [5, 5.41) is 0. The van der Waals surface area contributed by atoms with Gasteiger partial charge < -0.3 is 5.73 Å². The summed E-state index contributed by atoms with van der Waals surface area (Å²) in [5.41, 5.74) is 13.7. The van der Waals surface area contributed by atoms with Crippen molar-refractivity contribution in [2.45, 2.75) is 33.1 Å². The van der Waals surface area contributed by atoms with Gasteiger partial charge >= 0.3 is 0 Å². The van der Waals surface area contributed by atoms with E-state index in [2.05, 4.69) is 63.7 Å². The summed E-state index contributed by atoms with van der Waals surface area (Å²) >= 11 is 0. The molecule has 104 valence electrons. The standard InChI is InChI=1S/C16H17N.C3H6/c1-10-8-9-12-11-6-4-5-7-13(11)16(2,3)14(12)15(10)17;1-3-2/h4-9H,17H2,1-3H3;3H,1H2,2H3. The summed E-state index contributed by atoms with van der Waals surface area (Å²) in [5.74, 6) is 0. The summed E-state index contributed by atoms with van der Waals surface area (Å²) in [6.45, 7) is 11.8. The van der Waals surface area contributed by atoms with Crippen molar-refractivity contribution in [1.82, 2.24) is 0 Å². The zero-order chi connectivity index (χ0) is 14.9. The number of anilines is 1. The SMILES string of the molecule is C=CC.Cc1ccc2c(c1N)C(C)(C)c1ccccc1-2. The molecule has 0 heterocycles. The van der Waals surface area contributed by atoms with E-state index in [0.29, 0.717) is 0 Å². The number of nitrogen functional groups attached to an aromatic ring is 1. The van der Waals surface area contributed by atoms with Crippen molar-refractivity contribution in [2.24, 2.45) is 0 Å². The summed E-state index contributed by atoms with van der Waals surface area (Å²) < 4.78 is 0. The molecule has 1 aliphatic rings. The molecule has 0 bridgehead atoms. The predicted octanol–water partition coefficient (Wildman–Crippen LogP) is 5.08. The van der Waals surface area contributed by atoms with Crippen molar-refractivity contribution in [3.05, 3.63) is 65.7 Å². The van der Waals surface area contributed by atoms with Crippen LogP contribution in [0.4, 0.5) is 5.69 Å². The first-order chi connectivity index (χ1) is 9.45. The van der Waals surface area contributed by atoms with Gasteiger partial charge in [0, 0.05) is 11.1 Å². The highest BCUT2D eigenvalue weighted by molar-refractivity contribution is 5.86. The van der Waals surface area contributed by atoms with E-state index in [9.17, 15) is 0 Å². The average molecular weight is 265 g/mol. The number of hydrogen-bond acceptors (Lipinski definition) is 1. The number of allylic oxidation sites excluding steroid dienone is 1. The Morgan fingerprint density at radius 1 is 1.05 bits per heavy atom. The van der Waals surface area contributed by atoms with Crippen molar-refractivity contribution in [3.63, 3.8) is 0 Å². The van der Waals surface area contributed by atoms with E-state index in [-0.39, 0.29) is 5.41 Å². The van der Waals surface area contributed by atoms with Crippen LogP contribution in [0.1, 0.15) is 37.5 Å². The van der Waals surface area contributed by atoms with Crippen LogP contribution in [0.15, 0.2) is 49.1 Å². The monoisotopic (exact) mass is 265 g/mol. The zero-order valence-corrected chi connectivity index (χ0v) is 12.8. The lowest BCUT2D eigenvalue weighted by Gasteiger charge is -2.23. The summed E-state index contributed by atoms with van der Waals surface area (Å²) in [6, 6.07) is 12.9. The molecule has 0 atom stereocenters. The first-order valence-electron chi connectivity index (χ1n) is 7.01. The van der Waals surface area contributed by atoms with Gasteiger partial charge in [-0.05, 0) is 41.7 Å². The molecule has 0 fully saturated rings. The second kappa shape index (κ2) is 5.16. The van der Waals surface area contributed by atoms with E-state index < -0.39 is 0 Å². The van der Waals surface area contributed by atoms with Gasteiger partial charge in [-0.1, -0.05) is 56.3 Å². The smallest absolute Gasteiger partial charge is 0.0391 e. The Kier molecular flexibility index (Phi) is 3.71. The molecule has 1 nitrogen and oxygen atoms in total. The second-order valence-corrected chi connectivity index (χ2v) is 5.80. The molecular formula is C19H23N. The van der Waals surface area contributed by atoms with Crippen molar-refractivity contribution < 1.29 is 0 Å². The van der Waals surface area contributed by atoms with Crippen LogP contribution in [-0.4, -0.2) is 0 Å². The van der Waals surface area contributed by atoms with Gasteiger partial charge in [-0.15, -0.1) is 6.58 Å². The van der Waals surface area contributed by atoms with E-state index in [1.807, 2.05) is 6.92 Å². The van der Waals surface area contributed by atoms with E-state index in [0.717, 1.165) is 5.69 Å². The van der Waals surface area contributed by atoms with Crippen LogP contribution in [0.5, 0.6) is 0 Å². The Morgan fingerprint density at radius 2 is 1.65 bits per heavy atom. The molecule has 0 amide bonds. The van der Waals surface area contributed by atoms with E-state index in [1.54, 1.807) is 6.08 Å². The number of hydrogen-bond donors (Lipinski definition) is 1. The lowest BCUT2D eigenvalue weighted by atomic mass is 9.81. The van der Waals surface area contributed by atoms with Crippen molar-refractivity contribution in [3.8, 4) is 11.1 Å². The van der Waals surface area contributed by atoms with Crippen LogP contribution in [0, 0.1) is 6.92 Å². The molecule has 0 unspecified atom stereocenters. The van der Waals surface area contributed by atoms with Crippen molar-refractivity contribution in [2.75, 3.05) is 5.73 Å². The first-order valence-corrected chi connectivity index (χ1v) is 7.01. The topological polar surface area (TPSA) is 26.0 Å². The maximum absolute atomic E-state index is 6.29. The Balaban J connectivity index is 0.000000452. The molecule has 0 aromatic heterocycles. The number of fused-ring (bicyclic) bond motifs is 3. The maximum atomic E-state index is 6.29. The van der Waals surface area contributed by atoms with Gasteiger partial charge in [-0.2, -0.15) is 0 Å². The number of rotatable bonds is 0. The minimum Gasteiger partial charge on any atom is -0.398 e. The fourth-order valence-corrected chi connectivity index (χ4v) is 3.02. The van der Waals surface area contributed by atoms with Gasteiger partial charge in [-0.25, -0.2) is 0 Å². The Hall–Kier alpha value is -2.02. The van der Waals surface area contributed by atoms with E-state index >= 15 is 0 Å². The molecule has 20 heavy (non-hydrogen) atoms. The molecule has 0 spiro atoms. The molecule has 2 N–H and O–H groups in total. The van der Waals surface area contributed by atoms with Crippen LogP contribution in [-0.2, 0) is 5.41 Å². The summed E-state index contributed by atoms with van der Waals surface area (Å²) in [4.78, 5) is 0. The third-order valence-corrected chi connectivity index (χ3v) is 3.98. The van der Waals surface area contributed by atoms with Gasteiger partial charge in [0.2, 0.25) is 0 Å². The van der Waals surface area contributed by atoms with Gasteiger partial charge in [0.05, 0.1) is 0 Å². The first kappa shape index (κ1) is 14.4. The number of nitrogens with two attached hydrogens (primary N) is 1. The van der Waals surface area contributed by atoms with E-state index in [4.69, 9.17) is 5.73 Å². The van der Waals surface area contributed by atoms with Crippen LogP contribution >= 0.6 is 0 Å². The highest BCUT2D eigenvalue weighted by Gasteiger charge is 2.36. The molecule has 1 aliphatic carbocycles. The highest BCUT2D eigenvalue weighted by Crippen LogP contribution is 2.51. The number of benzene rings is 2. The molecule has 0 saturated carbocycles. The minimum atomic E-state index is 0.0159. The number of aryl methyl sites for hydroxylation is 1. The summed E-state index contributed by atoms with van der Waals surface area (Å²) in [6.07, 6.45) is 1.75. The van der Waals surface area contributed by atoms with Crippen LogP contribution in [0.2, 0.25) is 0 Å². The average Bonchev–Trinajstić information content (AvgIpc) is 2.65. The van der Waals surface area contributed by atoms with Crippen molar-refractivity contribution >= 4 is 5.69 Å². The Labute approximate surface area is 122 Å². The predicted molar refractivity (Wildman–Crippen MR) is 89.0 cm³/mol. The van der Waals surface area contributed by atoms with Crippen LogP contribution in [0.3, 0.4) is 0 Å². The van der Waals surface area contributed by atoms with Gasteiger partial charge in [0.1, 0.15) is 0 Å². The third kappa shape index (κ3) is 2.03. The minimum absolute atomic E-state index is 0.0159. The molecule has 0 saturated heterocycles. The molecule has 2 aromatic rings. The Bertz CT molecular complexity index is 651. The Morgan fingerprint density at radius 3 is 2.30 bits per heavy atom.